The number of carboxylic acid groups (broad SMARTS) is 1. The van der Waals surface area contributed by atoms with Crippen LogP contribution in [0.2, 0.25) is 0 Å². The normalized spacial score (nSPS) is 24.1. The minimum Gasteiger partial charge on any atom is -0.477 e. The van der Waals surface area contributed by atoms with E-state index in [-0.39, 0.29) is 17.4 Å². The lowest BCUT2D eigenvalue weighted by Crippen LogP contribution is -2.33. The van der Waals surface area contributed by atoms with Gasteiger partial charge in [0.15, 0.2) is 5.69 Å². The summed E-state index contributed by atoms with van der Waals surface area (Å²) in [4.78, 5) is 15.0. The third kappa shape index (κ3) is 3.35. The predicted octanol–water partition coefficient (Wildman–Crippen LogP) is 3.07. The number of nitrogens with one attached hydrogen (secondary N) is 1. The third-order valence-corrected chi connectivity index (χ3v) is 4.58. The molecule has 2 N–H and O–H groups in total. The van der Waals surface area contributed by atoms with Crippen LogP contribution < -0.4 is 5.32 Å². The van der Waals surface area contributed by atoms with E-state index in [4.69, 9.17) is 9.84 Å². The molecule has 1 aliphatic heterocycles. The molecule has 0 aromatic carbocycles. The van der Waals surface area contributed by atoms with Gasteiger partial charge in [-0.25, -0.2) is 9.78 Å². The van der Waals surface area contributed by atoms with Crippen molar-refractivity contribution in [2.75, 3.05) is 11.9 Å². The van der Waals surface area contributed by atoms with Gasteiger partial charge in [0, 0.05) is 6.54 Å². The van der Waals surface area contributed by atoms with Crippen molar-refractivity contribution in [3.05, 3.63) is 23.9 Å². The standard InChI is InChI=1S/C16H22N2O3/c19-15(20)13-5-4-6-14(18-13)17-11-12-7-10-16(21-12)8-2-1-3-9-16/h4-6,12H,1-3,7-11H2,(H,17,18)(H,19,20). The zero-order valence-electron chi connectivity index (χ0n) is 12.2. The molecule has 0 bridgehead atoms. The Labute approximate surface area is 124 Å². The van der Waals surface area contributed by atoms with Gasteiger partial charge in [0.2, 0.25) is 0 Å². The highest BCUT2D eigenvalue weighted by Gasteiger charge is 2.40. The molecule has 1 spiro atoms. The number of aromatic carboxylic acids is 1. The number of anilines is 1. The van der Waals surface area contributed by atoms with E-state index in [0.717, 1.165) is 12.8 Å². The molecule has 2 heterocycles. The van der Waals surface area contributed by atoms with Crippen LogP contribution in [0, 0.1) is 0 Å². The van der Waals surface area contributed by atoms with Crippen molar-refractivity contribution in [1.29, 1.82) is 0 Å². The zero-order valence-corrected chi connectivity index (χ0v) is 12.2. The van der Waals surface area contributed by atoms with Crippen molar-refractivity contribution in [2.24, 2.45) is 0 Å². The number of rotatable bonds is 4. The Kier molecular flexibility index (Phi) is 4.10. The smallest absolute Gasteiger partial charge is 0.354 e. The van der Waals surface area contributed by atoms with Crippen LogP contribution in [0.1, 0.15) is 55.4 Å². The highest BCUT2D eigenvalue weighted by atomic mass is 16.5. The third-order valence-electron chi connectivity index (χ3n) is 4.58. The SMILES string of the molecule is O=C(O)c1cccc(NCC2CCC3(CCCCC3)O2)n1. The van der Waals surface area contributed by atoms with Gasteiger partial charge >= 0.3 is 5.97 Å². The summed E-state index contributed by atoms with van der Waals surface area (Å²) in [6.07, 6.45) is 8.71. The minimum atomic E-state index is -1.00. The van der Waals surface area contributed by atoms with Crippen LogP contribution in [0.5, 0.6) is 0 Å². The molecule has 2 aliphatic rings. The van der Waals surface area contributed by atoms with E-state index in [2.05, 4.69) is 10.3 Å². The topological polar surface area (TPSA) is 71.5 Å². The number of hydrogen-bond donors (Lipinski definition) is 2. The average molecular weight is 290 g/mol. The van der Waals surface area contributed by atoms with Crippen molar-refractivity contribution in [3.8, 4) is 0 Å². The van der Waals surface area contributed by atoms with E-state index in [1.54, 1.807) is 12.1 Å². The highest BCUT2D eigenvalue weighted by Crippen LogP contribution is 2.41. The van der Waals surface area contributed by atoms with Gasteiger partial charge in [-0.2, -0.15) is 0 Å². The summed E-state index contributed by atoms with van der Waals surface area (Å²) in [5.74, 6) is -0.403. The fourth-order valence-electron chi connectivity index (χ4n) is 3.47. The van der Waals surface area contributed by atoms with Gasteiger partial charge in [-0.15, -0.1) is 0 Å². The van der Waals surface area contributed by atoms with Gasteiger partial charge in [0.25, 0.3) is 0 Å². The Morgan fingerprint density at radius 2 is 2.14 bits per heavy atom. The van der Waals surface area contributed by atoms with Crippen LogP contribution >= 0.6 is 0 Å². The molecule has 1 saturated carbocycles. The van der Waals surface area contributed by atoms with Crippen molar-refractivity contribution in [1.82, 2.24) is 4.98 Å². The largest absolute Gasteiger partial charge is 0.477 e. The van der Waals surface area contributed by atoms with E-state index in [1.165, 1.54) is 38.2 Å². The second-order valence-electron chi connectivity index (χ2n) is 6.12. The molecule has 5 nitrogen and oxygen atoms in total. The number of ether oxygens (including phenoxy) is 1. The van der Waals surface area contributed by atoms with Crippen LogP contribution in [-0.4, -0.2) is 34.3 Å². The molecule has 3 rings (SSSR count). The molecule has 1 atom stereocenters. The summed E-state index contributed by atoms with van der Waals surface area (Å²) in [6, 6.07) is 4.99. The summed E-state index contributed by atoms with van der Waals surface area (Å²) in [5, 5.41) is 12.1. The maximum atomic E-state index is 10.9. The van der Waals surface area contributed by atoms with Gasteiger partial charge in [-0.1, -0.05) is 25.3 Å². The summed E-state index contributed by atoms with van der Waals surface area (Å²) in [5.41, 5.74) is 0.192. The van der Waals surface area contributed by atoms with E-state index >= 15 is 0 Å². The van der Waals surface area contributed by atoms with Gasteiger partial charge in [0.1, 0.15) is 5.82 Å². The highest BCUT2D eigenvalue weighted by molar-refractivity contribution is 5.85. The molecule has 0 radical (unpaired) electrons. The predicted molar refractivity (Wildman–Crippen MR) is 79.6 cm³/mol. The first-order valence-corrected chi connectivity index (χ1v) is 7.79. The van der Waals surface area contributed by atoms with Crippen LogP contribution in [0.4, 0.5) is 5.82 Å². The van der Waals surface area contributed by atoms with Gasteiger partial charge in [0.05, 0.1) is 11.7 Å². The second kappa shape index (κ2) is 6.02. The first-order valence-electron chi connectivity index (χ1n) is 7.79. The summed E-state index contributed by atoms with van der Waals surface area (Å²) in [7, 11) is 0. The quantitative estimate of drug-likeness (QED) is 0.891. The molecule has 5 heteroatoms. The van der Waals surface area contributed by atoms with Crippen LogP contribution in [-0.2, 0) is 4.74 Å². The summed E-state index contributed by atoms with van der Waals surface area (Å²) >= 11 is 0. The maximum Gasteiger partial charge on any atom is 0.354 e. The lowest BCUT2D eigenvalue weighted by molar-refractivity contribution is -0.0588. The molecule has 1 aromatic heterocycles. The number of hydrogen-bond acceptors (Lipinski definition) is 4. The van der Waals surface area contributed by atoms with Crippen LogP contribution in [0.15, 0.2) is 18.2 Å². The van der Waals surface area contributed by atoms with Crippen molar-refractivity contribution < 1.29 is 14.6 Å². The van der Waals surface area contributed by atoms with Gasteiger partial charge in [-0.3, -0.25) is 0 Å². The van der Waals surface area contributed by atoms with Gasteiger partial charge in [-0.05, 0) is 37.8 Å². The average Bonchev–Trinajstić information content (AvgIpc) is 2.89. The lowest BCUT2D eigenvalue weighted by atomic mass is 9.83. The lowest BCUT2D eigenvalue weighted by Gasteiger charge is -2.33. The van der Waals surface area contributed by atoms with Crippen LogP contribution in [0.3, 0.4) is 0 Å². The molecular weight excluding hydrogens is 268 g/mol. The molecule has 0 amide bonds. The summed E-state index contributed by atoms with van der Waals surface area (Å²) in [6.45, 7) is 0.692. The Morgan fingerprint density at radius 3 is 2.90 bits per heavy atom. The van der Waals surface area contributed by atoms with E-state index in [0.29, 0.717) is 12.4 Å². The maximum absolute atomic E-state index is 10.9. The molecule has 1 saturated heterocycles. The Morgan fingerprint density at radius 1 is 1.33 bits per heavy atom. The Balaban J connectivity index is 1.54. The second-order valence-corrected chi connectivity index (χ2v) is 6.12. The molecule has 2 fully saturated rings. The summed E-state index contributed by atoms with van der Waals surface area (Å²) < 4.78 is 6.28. The molecule has 1 aromatic rings. The molecule has 21 heavy (non-hydrogen) atoms. The number of nitrogens with zero attached hydrogens (tertiary/aromatic N) is 1. The van der Waals surface area contributed by atoms with E-state index in [9.17, 15) is 4.79 Å². The molecule has 1 unspecified atom stereocenters. The number of aromatic nitrogens is 1. The van der Waals surface area contributed by atoms with E-state index in [1.807, 2.05) is 0 Å². The van der Waals surface area contributed by atoms with Gasteiger partial charge < -0.3 is 15.2 Å². The van der Waals surface area contributed by atoms with E-state index < -0.39 is 5.97 Å². The van der Waals surface area contributed by atoms with Crippen LogP contribution in [0.25, 0.3) is 0 Å². The Bertz CT molecular complexity index is 512. The number of carbonyl (C=O) groups is 1. The monoisotopic (exact) mass is 290 g/mol. The molecular formula is C16H22N2O3. The van der Waals surface area contributed by atoms with Crippen molar-refractivity contribution in [3.63, 3.8) is 0 Å². The number of pyridine rings is 1. The molecule has 1 aliphatic carbocycles. The fraction of sp³-hybridized carbons (Fsp3) is 0.625. The first-order chi connectivity index (χ1) is 10.2. The first kappa shape index (κ1) is 14.3. The van der Waals surface area contributed by atoms with Crippen molar-refractivity contribution >= 4 is 11.8 Å². The Hall–Kier alpha value is -1.62. The molecule has 114 valence electrons. The minimum absolute atomic E-state index is 0.0658. The van der Waals surface area contributed by atoms with Crippen molar-refractivity contribution in [2.45, 2.75) is 56.7 Å². The fourth-order valence-corrected chi connectivity index (χ4v) is 3.47. The zero-order chi connectivity index (χ0) is 14.7. The number of carboxylic acids is 1.